The van der Waals surface area contributed by atoms with Gasteiger partial charge < -0.3 is 20.1 Å². The van der Waals surface area contributed by atoms with E-state index < -0.39 is 29.6 Å². The molecule has 1 aliphatic heterocycles. The zero-order chi connectivity index (χ0) is 21.8. The van der Waals surface area contributed by atoms with Crippen molar-refractivity contribution in [2.45, 2.75) is 52.7 Å². The van der Waals surface area contributed by atoms with Crippen LogP contribution in [-0.4, -0.2) is 52.7 Å². The van der Waals surface area contributed by atoms with Gasteiger partial charge in [0.1, 0.15) is 11.6 Å². The summed E-state index contributed by atoms with van der Waals surface area (Å²) in [4.78, 5) is 38.6. The highest BCUT2D eigenvalue weighted by atomic mass is 16.6. The number of amides is 2. The Kier molecular flexibility index (Phi) is 7.27. The molecule has 2 N–H and O–H groups in total. The zero-order valence-corrected chi connectivity index (χ0v) is 17.8. The van der Waals surface area contributed by atoms with E-state index >= 15 is 0 Å². The van der Waals surface area contributed by atoms with Gasteiger partial charge in [0, 0.05) is 13.1 Å². The number of nitrogens with zero attached hydrogens (tertiary/aromatic N) is 1. The second kappa shape index (κ2) is 9.29. The van der Waals surface area contributed by atoms with Crippen molar-refractivity contribution in [3.63, 3.8) is 0 Å². The molecule has 29 heavy (non-hydrogen) atoms. The monoisotopic (exact) mass is 404 g/mol. The Morgan fingerprint density at radius 1 is 1.17 bits per heavy atom. The van der Waals surface area contributed by atoms with E-state index in [9.17, 15) is 19.5 Å². The number of nitrogens with one attached hydrogen (secondary N) is 1. The average Bonchev–Trinajstić information content (AvgIpc) is 3.02. The van der Waals surface area contributed by atoms with E-state index in [0.717, 1.165) is 5.56 Å². The predicted octanol–water partition coefficient (Wildman–Crippen LogP) is 2.94. The molecular formula is C22H32N2O5. The van der Waals surface area contributed by atoms with Crippen molar-refractivity contribution in [3.05, 3.63) is 35.9 Å². The number of carboxylic acids is 1. The Morgan fingerprint density at radius 2 is 1.79 bits per heavy atom. The lowest BCUT2D eigenvalue weighted by Crippen LogP contribution is -2.51. The van der Waals surface area contributed by atoms with E-state index in [1.54, 1.807) is 25.7 Å². The van der Waals surface area contributed by atoms with Crippen molar-refractivity contribution in [2.75, 3.05) is 13.1 Å². The van der Waals surface area contributed by atoms with Crippen molar-refractivity contribution in [1.82, 2.24) is 10.2 Å². The number of likely N-dealkylation sites (tertiary alicyclic amines) is 1. The van der Waals surface area contributed by atoms with E-state index in [2.05, 4.69) is 5.32 Å². The minimum atomic E-state index is -0.901. The molecule has 1 aliphatic rings. The van der Waals surface area contributed by atoms with Crippen LogP contribution >= 0.6 is 0 Å². The van der Waals surface area contributed by atoms with Gasteiger partial charge in [-0.15, -0.1) is 0 Å². The number of carbonyl (C=O) groups excluding carboxylic acids is 2. The fourth-order valence-corrected chi connectivity index (χ4v) is 3.60. The Labute approximate surface area is 172 Å². The summed E-state index contributed by atoms with van der Waals surface area (Å²) in [6.45, 7) is 9.44. The van der Waals surface area contributed by atoms with Crippen LogP contribution in [-0.2, 0) is 20.7 Å². The average molecular weight is 405 g/mol. The third kappa shape index (κ3) is 6.48. The molecule has 7 nitrogen and oxygen atoms in total. The molecule has 2 amide bonds. The summed E-state index contributed by atoms with van der Waals surface area (Å²) in [5.41, 5.74) is 0.377. The van der Waals surface area contributed by atoms with Crippen molar-refractivity contribution < 1.29 is 24.2 Å². The van der Waals surface area contributed by atoms with Gasteiger partial charge in [-0.2, -0.15) is 0 Å². The van der Waals surface area contributed by atoms with Crippen LogP contribution in [0.2, 0.25) is 0 Å². The lowest BCUT2D eigenvalue weighted by Gasteiger charge is -2.28. The van der Waals surface area contributed by atoms with Gasteiger partial charge in [0.15, 0.2) is 0 Å². The maximum Gasteiger partial charge on any atom is 0.408 e. The normalized spacial score (nSPS) is 20.4. The number of alkyl carbamates (subject to hydrolysis) is 1. The molecule has 0 radical (unpaired) electrons. The minimum Gasteiger partial charge on any atom is -0.481 e. The van der Waals surface area contributed by atoms with Gasteiger partial charge in [-0.25, -0.2) is 4.79 Å². The minimum absolute atomic E-state index is 0.144. The van der Waals surface area contributed by atoms with Gasteiger partial charge in [0.25, 0.3) is 0 Å². The van der Waals surface area contributed by atoms with Crippen LogP contribution in [0.15, 0.2) is 30.3 Å². The summed E-state index contributed by atoms with van der Waals surface area (Å²) in [5.74, 6) is -2.14. The highest BCUT2D eigenvalue weighted by Gasteiger charge is 2.42. The SMILES string of the molecule is CC(C)[C@H](NC(=O)OC(C)(C)C)C(=O)N1CC(Cc2ccccc2)C(C(=O)O)C1. The number of rotatable bonds is 6. The first-order valence-electron chi connectivity index (χ1n) is 10.0. The van der Waals surface area contributed by atoms with Gasteiger partial charge in [-0.3, -0.25) is 9.59 Å². The van der Waals surface area contributed by atoms with Gasteiger partial charge in [-0.05, 0) is 44.6 Å². The highest BCUT2D eigenvalue weighted by Crippen LogP contribution is 2.28. The van der Waals surface area contributed by atoms with E-state index in [1.165, 1.54) is 0 Å². The summed E-state index contributed by atoms with van der Waals surface area (Å²) in [7, 11) is 0. The molecule has 0 spiro atoms. The highest BCUT2D eigenvalue weighted by molar-refractivity contribution is 5.87. The molecule has 0 bridgehead atoms. The topological polar surface area (TPSA) is 95.9 Å². The molecule has 0 saturated carbocycles. The molecule has 1 fully saturated rings. The molecule has 7 heteroatoms. The van der Waals surface area contributed by atoms with Crippen LogP contribution < -0.4 is 5.32 Å². The van der Waals surface area contributed by atoms with E-state index in [0.29, 0.717) is 13.0 Å². The third-order valence-corrected chi connectivity index (χ3v) is 5.02. The molecule has 1 aromatic carbocycles. The molecule has 160 valence electrons. The Morgan fingerprint density at radius 3 is 2.31 bits per heavy atom. The summed E-state index contributed by atoms with van der Waals surface area (Å²) in [5, 5.41) is 12.3. The Hall–Kier alpha value is -2.57. The molecular weight excluding hydrogens is 372 g/mol. The lowest BCUT2D eigenvalue weighted by atomic mass is 9.90. The molecule has 1 aromatic rings. The fraction of sp³-hybridized carbons (Fsp3) is 0.591. The van der Waals surface area contributed by atoms with E-state index in [1.807, 2.05) is 44.2 Å². The molecule has 0 aromatic heterocycles. The molecule has 2 unspecified atom stereocenters. The van der Waals surface area contributed by atoms with E-state index in [-0.39, 0.29) is 24.3 Å². The van der Waals surface area contributed by atoms with Crippen LogP contribution in [0.25, 0.3) is 0 Å². The Balaban J connectivity index is 2.11. The second-order valence-electron chi connectivity index (χ2n) is 9.01. The quantitative estimate of drug-likeness (QED) is 0.760. The molecule has 3 atom stereocenters. The van der Waals surface area contributed by atoms with Crippen molar-refractivity contribution in [2.24, 2.45) is 17.8 Å². The number of ether oxygens (including phenoxy) is 1. The van der Waals surface area contributed by atoms with E-state index in [4.69, 9.17) is 4.74 Å². The third-order valence-electron chi connectivity index (χ3n) is 5.02. The first-order chi connectivity index (χ1) is 13.5. The van der Waals surface area contributed by atoms with Crippen LogP contribution in [0.1, 0.15) is 40.2 Å². The molecule has 0 aliphatic carbocycles. The lowest BCUT2D eigenvalue weighted by molar-refractivity contribution is -0.142. The van der Waals surface area contributed by atoms with Crippen LogP contribution in [0.3, 0.4) is 0 Å². The summed E-state index contributed by atoms with van der Waals surface area (Å²) >= 11 is 0. The molecule has 1 saturated heterocycles. The Bertz CT molecular complexity index is 726. The maximum absolute atomic E-state index is 13.1. The van der Waals surface area contributed by atoms with Crippen LogP contribution in [0.5, 0.6) is 0 Å². The first-order valence-corrected chi connectivity index (χ1v) is 10.0. The number of hydrogen-bond acceptors (Lipinski definition) is 4. The summed E-state index contributed by atoms with van der Waals surface area (Å²) in [6, 6.07) is 8.91. The second-order valence-corrected chi connectivity index (χ2v) is 9.01. The number of benzene rings is 1. The van der Waals surface area contributed by atoms with Gasteiger partial charge in [-0.1, -0.05) is 44.2 Å². The number of carbonyl (C=O) groups is 3. The maximum atomic E-state index is 13.1. The molecule has 2 rings (SSSR count). The molecule has 1 heterocycles. The van der Waals surface area contributed by atoms with Gasteiger partial charge in [0.05, 0.1) is 5.92 Å². The summed E-state index contributed by atoms with van der Waals surface area (Å²) in [6.07, 6.45) is -0.0627. The number of hydrogen-bond donors (Lipinski definition) is 2. The van der Waals surface area contributed by atoms with Gasteiger partial charge in [0.2, 0.25) is 5.91 Å². The standard InChI is InChI=1S/C22H32N2O5/c1-14(2)18(23-21(28)29-22(3,4)5)19(25)24-12-16(17(13-24)20(26)27)11-15-9-7-6-8-10-15/h6-10,14,16-18H,11-13H2,1-5H3,(H,23,28)(H,26,27)/t16?,17?,18-/m0/s1. The van der Waals surface area contributed by atoms with Crippen molar-refractivity contribution in [1.29, 1.82) is 0 Å². The van der Waals surface area contributed by atoms with Crippen molar-refractivity contribution in [3.8, 4) is 0 Å². The number of carboxylic acid groups (broad SMARTS) is 1. The zero-order valence-electron chi connectivity index (χ0n) is 17.8. The number of aliphatic carboxylic acids is 1. The fourth-order valence-electron chi connectivity index (χ4n) is 3.60. The largest absolute Gasteiger partial charge is 0.481 e. The smallest absolute Gasteiger partial charge is 0.408 e. The summed E-state index contributed by atoms with van der Waals surface area (Å²) < 4.78 is 5.28. The van der Waals surface area contributed by atoms with Gasteiger partial charge >= 0.3 is 12.1 Å². The predicted molar refractivity (Wildman–Crippen MR) is 109 cm³/mol. The van der Waals surface area contributed by atoms with Crippen LogP contribution in [0, 0.1) is 17.8 Å². The van der Waals surface area contributed by atoms with Crippen LogP contribution in [0.4, 0.5) is 4.79 Å². The first kappa shape index (κ1) is 22.7. The van der Waals surface area contributed by atoms with Crippen molar-refractivity contribution >= 4 is 18.0 Å².